The van der Waals surface area contributed by atoms with E-state index in [0.717, 1.165) is 16.7 Å². The van der Waals surface area contributed by atoms with Crippen LogP contribution in [0.25, 0.3) is 5.57 Å². The van der Waals surface area contributed by atoms with Crippen LogP contribution in [-0.4, -0.2) is 15.9 Å². The molecule has 1 atom stereocenters. The molecule has 5 heteroatoms. The zero-order valence-electron chi connectivity index (χ0n) is 14.8. The average Bonchev–Trinajstić information content (AvgIpc) is 2.95. The van der Waals surface area contributed by atoms with E-state index < -0.39 is 11.9 Å². The minimum atomic E-state index is -0.487. The summed E-state index contributed by atoms with van der Waals surface area (Å²) in [5.74, 6) is -0.663. The Bertz CT molecular complexity index is 1050. The van der Waals surface area contributed by atoms with Crippen LogP contribution in [0.4, 0.5) is 0 Å². The van der Waals surface area contributed by atoms with Crippen LogP contribution in [0.15, 0.2) is 84.6 Å². The van der Waals surface area contributed by atoms with Crippen LogP contribution in [0.3, 0.4) is 0 Å². The van der Waals surface area contributed by atoms with Crippen LogP contribution in [0.5, 0.6) is 0 Å². The van der Waals surface area contributed by atoms with E-state index in [-0.39, 0.29) is 5.76 Å². The summed E-state index contributed by atoms with van der Waals surface area (Å²) < 4.78 is 0. The molecule has 4 rings (SSSR count). The fourth-order valence-corrected chi connectivity index (χ4v) is 3.90. The van der Waals surface area contributed by atoms with Crippen LogP contribution < -0.4 is 0 Å². The van der Waals surface area contributed by atoms with Gasteiger partial charge in [0.15, 0.2) is 5.76 Å². The van der Waals surface area contributed by atoms with Crippen molar-refractivity contribution >= 4 is 34.7 Å². The summed E-state index contributed by atoms with van der Waals surface area (Å²) in [6.45, 7) is 0.326. The Kier molecular flexibility index (Phi) is 5.12. The molecule has 3 aromatic rings. The second-order valence-corrected chi connectivity index (χ2v) is 7.46. The van der Waals surface area contributed by atoms with E-state index in [1.54, 1.807) is 23.1 Å². The molecular weight excluding hydrogens is 393 g/mol. The van der Waals surface area contributed by atoms with E-state index >= 15 is 0 Å². The molecule has 0 bridgehead atoms. The van der Waals surface area contributed by atoms with E-state index in [0.29, 0.717) is 22.2 Å². The molecule has 0 aromatic heterocycles. The monoisotopic (exact) mass is 409 g/mol. The number of benzene rings is 3. The van der Waals surface area contributed by atoms with Crippen molar-refractivity contribution in [2.24, 2.45) is 0 Å². The zero-order chi connectivity index (χ0) is 19.7. The molecule has 3 nitrogen and oxygen atoms in total. The Hall–Kier alpha value is -2.75. The molecule has 1 aliphatic heterocycles. The quantitative estimate of drug-likeness (QED) is 0.569. The maximum atomic E-state index is 13.0. The van der Waals surface area contributed by atoms with Gasteiger partial charge < -0.3 is 10.0 Å². The van der Waals surface area contributed by atoms with Crippen LogP contribution in [0.1, 0.15) is 22.7 Å². The molecule has 1 heterocycles. The van der Waals surface area contributed by atoms with Gasteiger partial charge >= 0.3 is 0 Å². The van der Waals surface area contributed by atoms with E-state index in [9.17, 15) is 9.90 Å². The van der Waals surface area contributed by atoms with Gasteiger partial charge in [0, 0.05) is 22.2 Å². The predicted molar refractivity (Wildman–Crippen MR) is 112 cm³/mol. The number of aliphatic hydroxyl groups is 1. The van der Waals surface area contributed by atoms with Crippen molar-refractivity contribution in [1.29, 1.82) is 0 Å². The van der Waals surface area contributed by atoms with Gasteiger partial charge in [0.25, 0.3) is 5.91 Å². The van der Waals surface area contributed by atoms with Gasteiger partial charge in [-0.25, -0.2) is 0 Å². The Labute approximate surface area is 173 Å². The Balaban J connectivity index is 1.83. The number of rotatable bonds is 4. The maximum absolute atomic E-state index is 13.0. The molecule has 0 fully saturated rings. The number of hydrogen-bond donors (Lipinski definition) is 1. The lowest BCUT2D eigenvalue weighted by molar-refractivity contribution is -0.130. The van der Waals surface area contributed by atoms with Crippen molar-refractivity contribution in [3.05, 3.63) is 111 Å². The molecule has 1 aliphatic rings. The van der Waals surface area contributed by atoms with Gasteiger partial charge in [0.05, 0.1) is 6.04 Å². The van der Waals surface area contributed by atoms with Crippen molar-refractivity contribution < 1.29 is 9.90 Å². The first-order chi connectivity index (χ1) is 13.6. The minimum absolute atomic E-state index is 0.245. The third kappa shape index (κ3) is 3.39. The number of halogens is 2. The second kappa shape index (κ2) is 7.70. The van der Waals surface area contributed by atoms with Crippen LogP contribution in [0, 0.1) is 0 Å². The number of carbonyl (C=O) groups is 1. The van der Waals surface area contributed by atoms with Crippen molar-refractivity contribution in [2.75, 3.05) is 0 Å². The number of nitrogens with zero attached hydrogens (tertiary/aromatic N) is 1. The van der Waals surface area contributed by atoms with E-state index in [1.165, 1.54) is 0 Å². The van der Waals surface area contributed by atoms with Gasteiger partial charge in [-0.1, -0.05) is 83.9 Å². The SMILES string of the molecule is O=C1C(O)=C(c2ccccc2)C(c2ccccc2Cl)N1Cc1ccc(Cl)cc1. The van der Waals surface area contributed by atoms with Gasteiger partial charge in [-0.05, 0) is 34.9 Å². The van der Waals surface area contributed by atoms with Crippen molar-refractivity contribution in [1.82, 2.24) is 4.90 Å². The largest absolute Gasteiger partial charge is 0.503 e. The molecule has 1 unspecified atom stereocenters. The average molecular weight is 410 g/mol. The summed E-state index contributed by atoms with van der Waals surface area (Å²) in [7, 11) is 0. The summed E-state index contributed by atoms with van der Waals surface area (Å²) in [5.41, 5.74) is 3.04. The lowest BCUT2D eigenvalue weighted by atomic mass is 9.93. The summed E-state index contributed by atoms with van der Waals surface area (Å²) in [5, 5.41) is 11.9. The van der Waals surface area contributed by atoms with Crippen molar-refractivity contribution in [3.63, 3.8) is 0 Å². The molecule has 140 valence electrons. The van der Waals surface area contributed by atoms with Crippen molar-refractivity contribution in [3.8, 4) is 0 Å². The number of carbonyl (C=O) groups excluding carboxylic acids is 1. The first-order valence-corrected chi connectivity index (χ1v) is 9.60. The summed E-state index contributed by atoms with van der Waals surface area (Å²) in [4.78, 5) is 14.6. The van der Waals surface area contributed by atoms with Gasteiger partial charge in [-0.3, -0.25) is 4.79 Å². The molecular formula is C23H17Cl2NO2. The van der Waals surface area contributed by atoms with Crippen LogP contribution in [0.2, 0.25) is 10.0 Å². The van der Waals surface area contributed by atoms with Crippen molar-refractivity contribution in [2.45, 2.75) is 12.6 Å². The lowest BCUT2D eigenvalue weighted by Gasteiger charge is -2.28. The summed E-state index contributed by atoms with van der Waals surface area (Å²) in [6.07, 6.45) is 0. The molecule has 0 saturated heterocycles. The highest BCUT2D eigenvalue weighted by molar-refractivity contribution is 6.31. The lowest BCUT2D eigenvalue weighted by Crippen LogP contribution is -2.30. The number of aliphatic hydroxyl groups excluding tert-OH is 1. The molecule has 0 saturated carbocycles. The van der Waals surface area contributed by atoms with E-state index in [2.05, 4.69) is 0 Å². The van der Waals surface area contributed by atoms with Crippen LogP contribution in [-0.2, 0) is 11.3 Å². The fourth-order valence-electron chi connectivity index (χ4n) is 3.54. The Morgan fingerprint density at radius 2 is 1.50 bits per heavy atom. The predicted octanol–water partition coefficient (Wildman–Crippen LogP) is 6.05. The van der Waals surface area contributed by atoms with Gasteiger partial charge in [-0.15, -0.1) is 0 Å². The molecule has 0 aliphatic carbocycles. The molecule has 3 aromatic carbocycles. The highest BCUT2D eigenvalue weighted by Crippen LogP contribution is 2.45. The molecule has 1 amide bonds. The third-order valence-corrected chi connectivity index (χ3v) is 5.45. The number of amides is 1. The normalized spacial score (nSPS) is 16.7. The van der Waals surface area contributed by atoms with Crippen LogP contribution >= 0.6 is 23.2 Å². The first-order valence-electron chi connectivity index (χ1n) is 8.84. The highest BCUT2D eigenvalue weighted by Gasteiger charge is 2.41. The maximum Gasteiger partial charge on any atom is 0.290 e. The standard InChI is InChI=1S/C23H17Cl2NO2/c24-17-12-10-15(11-13-17)14-26-21(18-8-4-5-9-19(18)25)20(22(27)23(26)28)16-6-2-1-3-7-16/h1-13,21,27H,14H2. The highest BCUT2D eigenvalue weighted by atomic mass is 35.5. The molecule has 28 heavy (non-hydrogen) atoms. The van der Waals surface area contributed by atoms with Gasteiger partial charge in [0.1, 0.15) is 0 Å². The topological polar surface area (TPSA) is 40.5 Å². The Morgan fingerprint density at radius 3 is 2.18 bits per heavy atom. The summed E-state index contributed by atoms with van der Waals surface area (Å²) in [6, 6.07) is 23.7. The zero-order valence-corrected chi connectivity index (χ0v) is 16.4. The van der Waals surface area contributed by atoms with E-state index in [1.807, 2.05) is 60.7 Å². The second-order valence-electron chi connectivity index (χ2n) is 6.61. The smallest absolute Gasteiger partial charge is 0.290 e. The molecule has 1 N–H and O–H groups in total. The van der Waals surface area contributed by atoms with E-state index in [4.69, 9.17) is 23.2 Å². The first kappa shape index (κ1) is 18.6. The minimum Gasteiger partial charge on any atom is -0.503 e. The Morgan fingerprint density at radius 1 is 0.857 bits per heavy atom. The summed E-state index contributed by atoms with van der Waals surface area (Å²) >= 11 is 12.5. The molecule has 0 radical (unpaired) electrons. The van der Waals surface area contributed by atoms with Gasteiger partial charge in [-0.2, -0.15) is 0 Å². The fraction of sp³-hybridized carbons (Fsp3) is 0.0870. The molecule has 0 spiro atoms. The van der Waals surface area contributed by atoms with Gasteiger partial charge in [0.2, 0.25) is 0 Å². The number of hydrogen-bond acceptors (Lipinski definition) is 2. The third-order valence-electron chi connectivity index (χ3n) is 4.85.